The zero-order valence-corrected chi connectivity index (χ0v) is 16.0. The van der Waals surface area contributed by atoms with Crippen LogP contribution in [-0.2, 0) is 11.3 Å². The van der Waals surface area contributed by atoms with Gasteiger partial charge in [-0.1, -0.05) is 0 Å². The van der Waals surface area contributed by atoms with Crippen LogP contribution in [0, 0.1) is 20.8 Å². The van der Waals surface area contributed by atoms with Crippen molar-refractivity contribution in [2.45, 2.75) is 65.1 Å². The van der Waals surface area contributed by atoms with E-state index in [-0.39, 0.29) is 5.91 Å². The van der Waals surface area contributed by atoms with Crippen LogP contribution >= 0.6 is 11.8 Å². The van der Waals surface area contributed by atoms with E-state index in [4.69, 9.17) is 0 Å². The van der Waals surface area contributed by atoms with E-state index in [1.165, 1.54) is 29.9 Å². The predicted molar refractivity (Wildman–Crippen MR) is 99.5 cm³/mol. The Balaban J connectivity index is 1.45. The number of nitrogens with zero attached hydrogens (tertiary/aromatic N) is 3. The first-order valence-corrected chi connectivity index (χ1v) is 10.3. The number of thioether (sulfide) groups is 1. The normalized spacial score (nSPS) is 21.1. The molecule has 1 amide bonds. The van der Waals surface area contributed by atoms with Gasteiger partial charge in [0.1, 0.15) is 6.54 Å². The maximum Gasteiger partial charge on any atom is 0.241 e. The van der Waals surface area contributed by atoms with Crippen molar-refractivity contribution >= 4 is 17.7 Å². The number of carbonyl (C=O) groups excluding carboxylic acids is 1. The highest BCUT2D eigenvalue weighted by molar-refractivity contribution is 7.99. The molecule has 24 heavy (non-hydrogen) atoms. The summed E-state index contributed by atoms with van der Waals surface area (Å²) in [5, 5.41) is 7.68. The first-order chi connectivity index (χ1) is 11.5. The molecule has 1 aromatic heterocycles. The van der Waals surface area contributed by atoms with Crippen LogP contribution in [0.3, 0.4) is 0 Å². The molecule has 6 heteroatoms. The van der Waals surface area contributed by atoms with Crippen molar-refractivity contribution in [2.24, 2.45) is 0 Å². The molecule has 0 bridgehead atoms. The van der Waals surface area contributed by atoms with E-state index in [2.05, 4.69) is 34.0 Å². The Morgan fingerprint density at radius 3 is 2.42 bits per heavy atom. The zero-order chi connectivity index (χ0) is 17.1. The lowest BCUT2D eigenvalue weighted by molar-refractivity contribution is -0.122. The van der Waals surface area contributed by atoms with Crippen LogP contribution in [0.2, 0.25) is 0 Å². The second kappa shape index (κ2) is 7.91. The molecule has 0 unspecified atom stereocenters. The molecule has 2 aliphatic rings. The summed E-state index contributed by atoms with van der Waals surface area (Å²) >= 11 is 2.08. The summed E-state index contributed by atoms with van der Waals surface area (Å²) in [4.78, 5) is 15.0. The summed E-state index contributed by atoms with van der Waals surface area (Å²) in [5.74, 6) is 2.71. The lowest BCUT2D eigenvalue weighted by Crippen LogP contribution is -2.49. The molecule has 3 rings (SSSR count). The molecule has 0 saturated carbocycles. The monoisotopic (exact) mass is 350 g/mol. The highest BCUT2D eigenvalue weighted by atomic mass is 32.2. The van der Waals surface area contributed by atoms with Gasteiger partial charge in [-0.05, 0) is 63.5 Å². The maximum atomic E-state index is 12.3. The first-order valence-electron chi connectivity index (χ1n) is 9.16. The Morgan fingerprint density at radius 1 is 1.17 bits per heavy atom. The van der Waals surface area contributed by atoms with Crippen molar-refractivity contribution in [1.29, 1.82) is 0 Å². The minimum Gasteiger partial charge on any atom is -0.352 e. The van der Waals surface area contributed by atoms with Gasteiger partial charge >= 0.3 is 0 Å². The summed E-state index contributed by atoms with van der Waals surface area (Å²) in [6, 6.07) is 1.10. The van der Waals surface area contributed by atoms with Crippen molar-refractivity contribution in [2.75, 3.05) is 24.6 Å². The van der Waals surface area contributed by atoms with Gasteiger partial charge in [0.25, 0.3) is 0 Å². The van der Waals surface area contributed by atoms with Crippen LogP contribution in [0.4, 0.5) is 0 Å². The van der Waals surface area contributed by atoms with E-state index in [1.807, 2.05) is 18.5 Å². The van der Waals surface area contributed by atoms with Gasteiger partial charge in [0, 0.05) is 30.9 Å². The van der Waals surface area contributed by atoms with E-state index in [0.717, 1.165) is 43.4 Å². The van der Waals surface area contributed by atoms with Gasteiger partial charge in [-0.3, -0.25) is 9.48 Å². The minimum absolute atomic E-state index is 0.0908. The van der Waals surface area contributed by atoms with Crippen molar-refractivity contribution in [3.63, 3.8) is 0 Å². The summed E-state index contributed by atoms with van der Waals surface area (Å²) in [7, 11) is 0. The second-order valence-corrected chi connectivity index (χ2v) is 8.40. The number of rotatable bonds is 4. The molecule has 0 aliphatic carbocycles. The molecule has 0 aromatic carbocycles. The van der Waals surface area contributed by atoms with Gasteiger partial charge in [0.15, 0.2) is 0 Å². The number of aryl methyl sites for hydroxylation is 1. The molecule has 0 spiro atoms. The largest absolute Gasteiger partial charge is 0.352 e. The molecular weight excluding hydrogens is 320 g/mol. The van der Waals surface area contributed by atoms with Gasteiger partial charge in [-0.15, -0.1) is 0 Å². The number of carbonyl (C=O) groups is 1. The third-order valence-corrected chi connectivity index (χ3v) is 6.69. The average Bonchev–Trinajstić information content (AvgIpc) is 2.83. The van der Waals surface area contributed by atoms with Crippen LogP contribution in [-0.4, -0.2) is 57.3 Å². The Hall–Kier alpha value is -1.01. The van der Waals surface area contributed by atoms with Gasteiger partial charge in [0.05, 0.1) is 5.69 Å². The number of nitrogens with one attached hydrogen (secondary N) is 1. The molecule has 0 radical (unpaired) electrons. The van der Waals surface area contributed by atoms with Crippen LogP contribution in [0.15, 0.2) is 0 Å². The second-order valence-electron chi connectivity index (χ2n) is 7.17. The van der Waals surface area contributed by atoms with E-state index in [9.17, 15) is 4.79 Å². The Morgan fingerprint density at radius 2 is 1.83 bits per heavy atom. The third-order valence-electron chi connectivity index (χ3n) is 5.64. The third kappa shape index (κ3) is 4.14. The van der Waals surface area contributed by atoms with Crippen molar-refractivity contribution in [3.8, 4) is 0 Å². The average molecular weight is 351 g/mol. The summed E-state index contributed by atoms with van der Waals surface area (Å²) in [5.41, 5.74) is 3.29. The van der Waals surface area contributed by atoms with Crippen molar-refractivity contribution in [3.05, 3.63) is 17.0 Å². The van der Waals surface area contributed by atoms with E-state index >= 15 is 0 Å². The topological polar surface area (TPSA) is 50.2 Å². The number of aromatic nitrogens is 2. The predicted octanol–water partition coefficient (Wildman–Crippen LogP) is 2.28. The molecule has 2 fully saturated rings. The van der Waals surface area contributed by atoms with Gasteiger partial charge in [-0.25, -0.2) is 0 Å². The van der Waals surface area contributed by atoms with Crippen LogP contribution in [0.5, 0.6) is 0 Å². The smallest absolute Gasteiger partial charge is 0.241 e. The van der Waals surface area contributed by atoms with Crippen LogP contribution < -0.4 is 5.32 Å². The fourth-order valence-corrected chi connectivity index (χ4v) is 4.89. The lowest BCUT2D eigenvalue weighted by atomic mass is 10.0. The van der Waals surface area contributed by atoms with E-state index in [0.29, 0.717) is 12.6 Å². The van der Waals surface area contributed by atoms with Crippen molar-refractivity contribution in [1.82, 2.24) is 20.0 Å². The molecule has 0 atom stereocenters. The Bertz CT molecular complexity index is 572. The maximum absolute atomic E-state index is 12.3. The van der Waals surface area contributed by atoms with Gasteiger partial charge < -0.3 is 10.2 Å². The molecule has 2 saturated heterocycles. The molecule has 1 N–H and O–H groups in total. The van der Waals surface area contributed by atoms with Gasteiger partial charge in [-0.2, -0.15) is 16.9 Å². The number of hydrogen-bond donors (Lipinski definition) is 1. The first kappa shape index (κ1) is 17.8. The Labute approximate surface area is 149 Å². The summed E-state index contributed by atoms with van der Waals surface area (Å²) in [6.07, 6.45) is 4.81. The minimum atomic E-state index is 0.0908. The highest BCUT2D eigenvalue weighted by Gasteiger charge is 2.27. The van der Waals surface area contributed by atoms with Crippen LogP contribution in [0.1, 0.15) is 42.6 Å². The summed E-state index contributed by atoms with van der Waals surface area (Å²) in [6.45, 7) is 8.67. The highest BCUT2D eigenvalue weighted by Crippen LogP contribution is 2.24. The molecular formula is C18H30N4OS. The molecule has 134 valence electrons. The van der Waals surface area contributed by atoms with E-state index in [1.54, 1.807) is 0 Å². The zero-order valence-electron chi connectivity index (χ0n) is 15.2. The van der Waals surface area contributed by atoms with Crippen LogP contribution in [0.25, 0.3) is 0 Å². The van der Waals surface area contributed by atoms with Crippen molar-refractivity contribution < 1.29 is 4.79 Å². The fraction of sp³-hybridized carbons (Fsp3) is 0.778. The lowest BCUT2D eigenvalue weighted by Gasteiger charge is -2.39. The molecule has 5 nitrogen and oxygen atoms in total. The SMILES string of the molecule is Cc1nn(CC(=O)NC2CCN(C3CCSCC3)CC2)c(C)c1C. The molecule has 1 aromatic rings. The summed E-state index contributed by atoms with van der Waals surface area (Å²) < 4.78 is 1.83. The number of likely N-dealkylation sites (tertiary alicyclic amines) is 1. The van der Waals surface area contributed by atoms with Gasteiger partial charge in [0.2, 0.25) is 5.91 Å². The van der Waals surface area contributed by atoms with E-state index < -0.39 is 0 Å². The molecule has 2 aliphatic heterocycles. The fourth-order valence-electron chi connectivity index (χ4n) is 3.81. The number of amides is 1. The standard InChI is InChI=1S/C18H30N4OS/c1-13-14(2)20-22(15(13)3)12-18(23)19-16-4-8-21(9-5-16)17-6-10-24-11-7-17/h16-17H,4-12H2,1-3H3,(H,19,23). The number of hydrogen-bond acceptors (Lipinski definition) is 4. The Kier molecular flexibility index (Phi) is 5.87. The molecule has 3 heterocycles. The quantitative estimate of drug-likeness (QED) is 0.905. The number of piperidine rings is 1.